The molecule has 4 rings (SSSR count). The van der Waals surface area contributed by atoms with Gasteiger partial charge in [-0.3, -0.25) is 0 Å². The summed E-state index contributed by atoms with van der Waals surface area (Å²) in [7, 11) is 0. The molecule has 0 aliphatic rings. The first kappa shape index (κ1) is 30.0. The van der Waals surface area contributed by atoms with E-state index >= 15 is 0 Å². The Morgan fingerprint density at radius 2 is 1.19 bits per heavy atom. The van der Waals surface area contributed by atoms with E-state index in [1.54, 1.807) is 0 Å². The molecule has 0 unspecified atom stereocenters. The summed E-state index contributed by atoms with van der Waals surface area (Å²) in [6.07, 6.45) is -1.20. The highest BCUT2D eigenvalue weighted by atomic mass is 19.3. The fourth-order valence-corrected chi connectivity index (χ4v) is 3.72. The van der Waals surface area contributed by atoms with Crippen molar-refractivity contribution in [3.63, 3.8) is 0 Å². The van der Waals surface area contributed by atoms with E-state index < -0.39 is 57.9 Å². The Morgan fingerprint density at radius 3 is 1.79 bits per heavy atom. The zero-order valence-electron chi connectivity index (χ0n) is 21.5. The highest BCUT2D eigenvalue weighted by Gasteiger charge is 2.41. The van der Waals surface area contributed by atoms with Crippen LogP contribution in [0.2, 0.25) is 0 Å². The van der Waals surface area contributed by atoms with Crippen LogP contribution in [0.4, 0.5) is 35.1 Å². The molecule has 0 radical (unpaired) electrons. The minimum atomic E-state index is -4.74. The number of ether oxygens (including phenoxy) is 1. The smallest absolute Gasteiger partial charge is 0.429 e. The van der Waals surface area contributed by atoms with Gasteiger partial charge in [0.25, 0.3) is 0 Å². The molecule has 0 atom stereocenters. The second-order valence-corrected chi connectivity index (χ2v) is 8.85. The van der Waals surface area contributed by atoms with Crippen molar-refractivity contribution in [2.45, 2.75) is 19.0 Å². The monoisotopic (exact) mass is 582 g/mol. The van der Waals surface area contributed by atoms with Crippen LogP contribution >= 0.6 is 0 Å². The van der Waals surface area contributed by atoms with Crippen LogP contribution < -0.4 is 4.74 Å². The molecule has 0 spiro atoms. The average molecular weight is 582 g/mol. The van der Waals surface area contributed by atoms with Crippen LogP contribution in [0.1, 0.15) is 39.8 Å². The molecule has 0 saturated carbocycles. The van der Waals surface area contributed by atoms with E-state index in [1.165, 1.54) is 12.1 Å². The van der Waals surface area contributed by atoms with E-state index in [0.29, 0.717) is 17.7 Å². The molecule has 0 amide bonds. The molecule has 0 bridgehead atoms. The molecule has 0 fully saturated rings. The van der Waals surface area contributed by atoms with E-state index in [0.717, 1.165) is 30.0 Å². The standard InChI is InChI=1S/C33H18F8O/c1-2-3-4-20-5-7-21(8-6-20)9-10-22-11-13-24(26(34)15-22)14-12-23-16-27(35)31(28(36)17-23)33(40,41)42-25-18-29(37)32(39)30(38)19-25/h2,5-8,11,13,15-19H,1,3-4H2. The van der Waals surface area contributed by atoms with Crippen LogP contribution in [0.25, 0.3) is 0 Å². The topological polar surface area (TPSA) is 9.23 Å². The van der Waals surface area contributed by atoms with E-state index in [1.807, 2.05) is 30.3 Å². The second kappa shape index (κ2) is 12.7. The van der Waals surface area contributed by atoms with Gasteiger partial charge in [-0.2, -0.15) is 8.78 Å². The first-order chi connectivity index (χ1) is 20.0. The number of allylic oxidation sites excluding steroid dienone is 1. The van der Waals surface area contributed by atoms with Gasteiger partial charge in [-0.1, -0.05) is 41.9 Å². The molecule has 42 heavy (non-hydrogen) atoms. The number of rotatable bonds is 6. The van der Waals surface area contributed by atoms with Crippen LogP contribution in [0.5, 0.6) is 5.75 Å². The third-order valence-corrected chi connectivity index (χ3v) is 5.79. The zero-order chi connectivity index (χ0) is 30.4. The van der Waals surface area contributed by atoms with Crippen molar-refractivity contribution in [1.29, 1.82) is 0 Å². The van der Waals surface area contributed by atoms with Crippen LogP contribution in [0, 0.1) is 58.6 Å². The summed E-state index contributed by atoms with van der Waals surface area (Å²) < 4.78 is 116. The number of hydrogen-bond donors (Lipinski definition) is 0. The van der Waals surface area contributed by atoms with E-state index in [9.17, 15) is 35.1 Å². The van der Waals surface area contributed by atoms with Gasteiger partial charge in [0.05, 0.1) is 5.56 Å². The average Bonchev–Trinajstić information content (AvgIpc) is 2.93. The molecule has 0 aliphatic carbocycles. The summed E-state index contributed by atoms with van der Waals surface area (Å²) in [6.45, 7) is 3.69. The zero-order valence-corrected chi connectivity index (χ0v) is 21.5. The Kier molecular flexibility index (Phi) is 9.02. The lowest BCUT2D eigenvalue weighted by Crippen LogP contribution is -2.25. The maximum Gasteiger partial charge on any atom is 0.432 e. The second-order valence-electron chi connectivity index (χ2n) is 8.85. The minimum absolute atomic E-state index is 0.0936. The first-order valence-electron chi connectivity index (χ1n) is 12.2. The van der Waals surface area contributed by atoms with Crippen molar-refractivity contribution in [1.82, 2.24) is 0 Å². The lowest BCUT2D eigenvalue weighted by Gasteiger charge is -2.19. The number of hydrogen-bond acceptors (Lipinski definition) is 1. The number of benzene rings is 4. The Labute approximate surface area is 236 Å². The molecule has 4 aromatic rings. The van der Waals surface area contributed by atoms with Crippen molar-refractivity contribution in [3.8, 4) is 29.4 Å². The van der Waals surface area contributed by atoms with Crippen molar-refractivity contribution < 1.29 is 39.9 Å². The number of halogens is 8. The molecule has 1 nitrogen and oxygen atoms in total. The SMILES string of the molecule is C=CCCc1ccc(C#Cc2ccc(C#Cc3cc(F)c(C(F)(F)Oc4cc(F)c(F)c(F)c4)c(F)c3)c(F)c2)cc1. The first-order valence-corrected chi connectivity index (χ1v) is 12.2. The van der Waals surface area contributed by atoms with E-state index in [4.69, 9.17) is 0 Å². The van der Waals surface area contributed by atoms with Gasteiger partial charge >= 0.3 is 6.11 Å². The quantitative estimate of drug-likeness (QED) is 0.0958. The predicted octanol–water partition coefficient (Wildman–Crippen LogP) is 8.57. The molecular formula is C33H18F8O. The van der Waals surface area contributed by atoms with Gasteiger partial charge < -0.3 is 4.74 Å². The third kappa shape index (κ3) is 7.18. The van der Waals surface area contributed by atoms with Gasteiger partial charge in [-0.15, -0.1) is 6.58 Å². The summed E-state index contributed by atoms with van der Waals surface area (Å²) in [5.41, 5.74) is -0.238. The number of alkyl halides is 2. The fourth-order valence-electron chi connectivity index (χ4n) is 3.72. The summed E-state index contributed by atoms with van der Waals surface area (Å²) >= 11 is 0. The Bertz CT molecular complexity index is 1720. The largest absolute Gasteiger partial charge is 0.432 e. The van der Waals surface area contributed by atoms with Gasteiger partial charge in [0, 0.05) is 28.8 Å². The van der Waals surface area contributed by atoms with Crippen molar-refractivity contribution in [2.24, 2.45) is 0 Å². The Hall–Kier alpha value is -5.02. The Balaban J connectivity index is 1.51. The van der Waals surface area contributed by atoms with Gasteiger partial charge in [-0.25, -0.2) is 26.3 Å². The van der Waals surface area contributed by atoms with E-state index in [2.05, 4.69) is 35.0 Å². The molecule has 0 heterocycles. The maximum atomic E-state index is 14.6. The van der Waals surface area contributed by atoms with Crippen molar-refractivity contribution >= 4 is 0 Å². The van der Waals surface area contributed by atoms with Crippen molar-refractivity contribution in [2.75, 3.05) is 0 Å². The molecule has 0 aliphatic heterocycles. The summed E-state index contributed by atoms with van der Waals surface area (Å²) in [5.74, 6) is -0.790. The highest BCUT2D eigenvalue weighted by Crippen LogP contribution is 2.36. The van der Waals surface area contributed by atoms with Crippen molar-refractivity contribution in [3.05, 3.63) is 148 Å². The van der Waals surface area contributed by atoms with Gasteiger partial charge in [-0.05, 0) is 60.9 Å². The molecule has 0 aromatic heterocycles. The predicted molar refractivity (Wildman–Crippen MR) is 141 cm³/mol. The van der Waals surface area contributed by atoms with Crippen LogP contribution in [-0.2, 0) is 12.5 Å². The lowest BCUT2D eigenvalue weighted by molar-refractivity contribution is -0.189. The molecule has 9 heteroatoms. The summed E-state index contributed by atoms with van der Waals surface area (Å²) in [4.78, 5) is 0. The normalized spacial score (nSPS) is 10.8. The Morgan fingerprint density at radius 1 is 0.643 bits per heavy atom. The van der Waals surface area contributed by atoms with Gasteiger partial charge in [0.1, 0.15) is 28.8 Å². The molecule has 0 saturated heterocycles. The molecule has 4 aromatic carbocycles. The van der Waals surface area contributed by atoms with Gasteiger partial charge in [0.15, 0.2) is 17.5 Å². The maximum absolute atomic E-state index is 14.6. The number of aryl methyl sites for hydroxylation is 1. The molecule has 212 valence electrons. The summed E-state index contributed by atoms with van der Waals surface area (Å²) in [6, 6.07) is 12.6. The van der Waals surface area contributed by atoms with Crippen LogP contribution in [0.3, 0.4) is 0 Å². The van der Waals surface area contributed by atoms with Crippen LogP contribution in [-0.4, -0.2) is 0 Å². The highest BCUT2D eigenvalue weighted by molar-refractivity contribution is 5.49. The molecular weight excluding hydrogens is 564 g/mol. The van der Waals surface area contributed by atoms with Gasteiger partial charge in [0.2, 0.25) is 0 Å². The van der Waals surface area contributed by atoms with E-state index in [-0.39, 0.29) is 17.7 Å². The third-order valence-electron chi connectivity index (χ3n) is 5.79. The van der Waals surface area contributed by atoms with Crippen LogP contribution in [0.15, 0.2) is 79.4 Å². The summed E-state index contributed by atoms with van der Waals surface area (Å²) in [5, 5.41) is 0. The minimum Gasteiger partial charge on any atom is -0.429 e. The lowest BCUT2D eigenvalue weighted by atomic mass is 10.1. The fraction of sp³-hybridized carbons (Fsp3) is 0.0909. The molecule has 0 N–H and O–H groups in total.